The van der Waals surface area contributed by atoms with Crippen molar-refractivity contribution in [3.8, 4) is 5.75 Å². The van der Waals surface area contributed by atoms with E-state index in [1.807, 2.05) is 7.05 Å². The summed E-state index contributed by atoms with van der Waals surface area (Å²) in [6.45, 7) is 3.12. The van der Waals surface area contributed by atoms with Crippen LogP contribution in [-0.4, -0.2) is 79.4 Å². The van der Waals surface area contributed by atoms with E-state index in [1.165, 1.54) is 47.4 Å². The predicted octanol–water partition coefficient (Wildman–Crippen LogP) is 4.31. The van der Waals surface area contributed by atoms with Gasteiger partial charge in [0.2, 0.25) is 5.91 Å². The number of carbonyl (C=O) groups excluding carboxylic acids is 2. The molecule has 6 nitrogen and oxygen atoms in total. The van der Waals surface area contributed by atoms with Crippen molar-refractivity contribution in [3.63, 3.8) is 0 Å². The van der Waals surface area contributed by atoms with Gasteiger partial charge in [-0.2, -0.15) is 13.2 Å². The van der Waals surface area contributed by atoms with Gasteiger partial charge >= 0.3 is 6.18 Å². The van der Waals surface area contributed by atoms with Crippen LogP contribution in [-0.2, 0) is 11.0 Å². The van der Waals surface area contributed by atoms with E-state index in [4.69, 9.17) is 4.74 Å². The maximum atomic E-state index is 13.6. The molecule has 2 saturated heterocycles. The summed E-state index contributed by atoms with van der Waals surface area (Å²) in [7, 11) is 1.99. The molecule has 0 radical (unpaired) electrons. The predicted molar refractivity (Wildman–Crippen MR) is 130 cm³/mol. The average Bonchev–Trinajstić information content (AvgIpc) is 2.88. The summed E-state index contributed by atoms with van der Waals surface area (Å²) >= 11 is 0. The summed E-state index contributed by atoms with van der Waals surface area (Å²) in [4.78, 5) is 32.0. The molecule has 200 valence electrons. The van der Waals surface area contributed by atoms with Gasteiger partial charge in [0.05, 0.1) is 17.7 Å². The molecule has 2 aromatic carbocycles. The van der Waals surface area contributed by atoms with Gasteiger partial charge < -0.3 is 19.4 Å². The van der Waals surface area contributed by atoms with E-state index in [1.54, 1.807) is 4.90 Å². The molecule has 0 spiro atoms. The van der Waals surface area contributed by atoms with Crippen LogP contribution in [0.5, 0.6) is 5.75 Å². The lowest BCUT2D eigenvalue weighted by atomic mass is 9.77. The minimum absolute atomic E-state index is 0.0687. The van der Waals surface area contributed by atoms with E-state index in [0.717, 1.165) is 19.2 Å². The molecule has 0 N–H and O–H groups in total. The molecule has 2 aromatic rings. The molecule has 37 heavy (non-hydrogen) atoms. The van der Waals surface area contributed by atoms with Crippen LogP contribution in [0.1, 0.15) is 35.2 Å². The van der Waals surface area contributed by atoms with E-state index in [0.29, 0.717) is 31.7 Å². The van der Waals surface area contributed by atoms with Crippen molar-refractivity contribution in [2.24, 2.45) is 5.41 Å². The zero-order chi connectivity index (χ0) is 26.6. The van der Waals surface area contributed by atoms with Gasteiger partial charge in [-0.25, -0.2) is 4.39 Å². The summed E-state index contributed by atoms with van der Waals surface area (Å²) in [6.07, 6.45) is -3.48. The van der Waals surface area contributed by atoms with Crippen molar-refractivity contribution in [2.45, 2.75) is 25.4 Å². The van der Waals surface area contributed by atoms with Crippen molar-refractivity contribution >= 4 is 11.8 Å². The molecule has 2 amide bonds. The Kier molecular flexibility index (Phi) is 8.06. The molecule has 0 bridgehead atoms. The third-order valence-electron chi connectivity index (χ3n) is 7.15. The zero-order valence-corrected chi connectivity index (χ0v) is 20.8. The molecule has 2 aliphatic heterocycles. The van der Waals surface area contributed by atoms with Gasteiger partial charge in [0.15, 0.2) is 0 Å². The number of rotatable bonds is 6. The van der Waals surface area contributed by atoms with Gasteiger partial charge in [0, 0.05) is 51.1 Å². The summed E-state index contributed by atoms with van der Waals surface area (Å²) in [5.74, 6) is -0.782. The fourth-order valence-electron chi connectivity index (χ4n) is 5.04. The number of amides is 2. The SMILES string of the molecule is CN1CCN(C(=O)CC2(COc3ccc(F)cc3)CCCN(C(=O)c3ccccc3C(F)(F)F)C2)CC1. The van der Waals surface area contributed by atoms with Crippen LogP contribution in [0.4, 0.5) is 17.6 Å². The number of piperidine rings is 1. The fourth-order valence-corrected chi connectivity index (χ4v) is 5.04. The Morgan fingerprint density at radius 3 is 2.30 bits per heavy atom. The Labute approximate surface area is 213 Å². The molecule has 10 heteroatoms. The number of alkyl halides is 3. The van der Waals surface area contributed by atoms with Crippen LogP contribution in [0.3, 0.4) is 0 Å². The molecule has 0 saturated carbocycles. The van der Waals surface area contributed by atoms with Crippen LogP contribution in [0.25, 0.3) is 0 Å². The Balaban J connectivity index is 1.57. The van der Waals surface area contributed by atoms with Crippen molar-refractivity contribution in [1.82, 2.24) is 14.7 Å². The Hall–Kier alpha value is -3.14. The van der Waals surface area contributed by atoms with Crippen LogP contribution in [0.15, 0.2) is 48.5 Å². The summed E-state index contributed by atoms with van der Waals surface area (Å²) in [5, 5.41) is 0. The number of ether oxygens (including phenoxy) is 1. The lowest BCUT2D eigenvalue weighted by Crippen LogP contribution is -2.53. The number of hydrogen-bond acceptors (Lipinski definition) is 4. The Morgan fingerprint density at radius 1 is 0.946 bits per heavy atom. The fraction of sp³-hybridized carbons (Fsp3) is 0.481. The van der Waals surface area contributed by atoms with Gasteiger partial charge in [0.1, 0.15) is 11.6 Å². The molecule has 2 heterocycles. The summed E-state index contributed by atoms with van der Waals surface area (Å²) in [6, 6.07) is 10.3. The second kappa shape index (κ2) is 11.1. The topological polar surface area (TPSA) is 53.1 Å². The average molecular weight is 522 g/mol. The third kappa shape index (κ3) is 6.60. The quantitative estimate of drug-likeness (QED) is 0.532. The van der Waals surface area contributed by atoms with Gasteiger partial charge in [-0.15, -0.1) is 0 Å². The monoisotopic (exact) mass is 521 g/mol. The minimum Gasteiger partial charge on any atom is -0.493 e. The normalized spacial score (nSPS) is 21.1. The van der Waals surface area contributed by atoms with E-state index >= 15 is 0 Å². The number of hydrogen-bond donors (Lipinski definition) is 0. The van der Waals surface area contributed by atoms with Gasteiger partial charge in [-0.1, -0.05) is 12.1 Å². The first-order valence-electron chi connectivity index (χ1n) is 12.4. The van der Waals surface area contributed by atoms with E-state index in [2.05, 4.69) is 4.90 Å². The maximum absolute atomic E-state index is 13.6. The molecule has 4 rings (SSSR count). The first kappa shape index (κ1) is 26.9. The number of carbonyl (C=O) groups is 2. The van der Waals surface area contributed by atoms with Gasteiger partial charge in [0.25, 0.3) is 5.91 Å². The number of likely N-dealkylation sites (N-methyl/N-ethyl adjacent to an activating group) is 1. The van der Waals surface area contributed by atoms with Crippen molar-refractivity contribution < 1.29 is 31.9 Å². The van der Waals surface area contributed by atoms with Crippen LogP contribution >= 0.6 is 0 Å². The van der Waals surface area contributed by atoms with Crippen molar-refractivity contribution in [2.75, 3.05) is 52.9 Å². The van der Waals surface area contributed by atoms with E-state index in [9.17, 15) is 27.2 Å². The van der Waals surface area contributed by atoms with Gasteiger partial charge in [-0.05, 0) is 56.3 Å². The highest BCUT2D eigenvalue weighted by molar-refractivity contribution is 5.96. The summed E-state index contributed by atoms with van der Waals surface area (Å²) < 4.78 is 60.1. The Morgan fingerprint density at radius 2 is 1.62 bits per heavy atom. The largest absolute Gasteiger partial charge is 0.493 e. The summed E-state index contributed by atoms with van der Waals surface area (Å²) in [5.41, 5.74) is -2.18. The molecule has 2 fully saturated rings. The van der Waals surface area contributed by atoms with Crippen LogP contribution in [0.2, 0.25) is 0 Å². The molecule has 0 aromatic heterocycles. The number of halogens is 4. The minimum atomic E-state index is -4.66. The lowest BCUT2D eigenvalue weighted by molar-refractivity contribution is -0.138. The molecular weight excluding hydrogens is 490 g/mol. The molecule has 1 atom stereocenters. The maximum Gasteiger partial charge on any atom is 0.417 e. The van der Waals surface area contributed by atoms with Gasteiger partial charge in [-0.3, -0.25) is 9.59 Å². The number of nitrogens with zero attached hydrogens (tertiary/aromatic N) is 3. The molecular formula is C27H31F4N3O3. The Bertz CT molecular complexity index is 1100. The van der Waals surface area contributed by atoms with Crippen LogP contribution < -0.4 is 4.74 Å². The highest BCUT2D eigenvalue weighted by Crippen LogP contribution is 2.38. The van der Waals surface area contributed by atoms with Crippen molar-refractivity contribution in [3.05, 3.63) is 65.5 Å². The molecule has 1 unspecified atom stereocenters. The number of likely N-dealkylation sites (tertiary alicyclic amines) is 1. The first-order valence-corrected chi connectivity index (χ1v) is 12.4. The first-order chi connectivity index (χ1) is 17.6. The lowest BCUT2D eigenvalue weighted by Gasteiger charge is -2.43. The van der Waals surface area contributed by atoms with Crippen LogP contribution in [0, 0.1) is 11.2 Å². The highest BCUT2D eigenvalue weighted by atomic mass is 19.4. The number of benzene rings is 2. The van der Waals surface area contributed by atoms with E-state index < -0.39 is 34.4 Å². The molecule has 2 aliphatic rings. The standard InChI is InChI=1S/C27H31F4N3O3/c1-32-13-15-33(16-14-32)24(35)17-26(19-37-21-9-7-20(28)8-10-21)11-4-12-34(18-26)25(36)22-5-2-3-6-23(22)27(29,30)31/h2-3,5-10H,4,11-19H2,1H3. The smallest absolute Gasteiger partial charge is 0.417 e. The molecule has 0 aliphatic carbocycles. The highest BCUT2D eigenvalue weighted by Gasteiger charge is 2.43. The number of piperazine rings is 1. The van der Waals surface area contributed by atoms with E-state index in [-0.39, 0.29) is 32.0 Å². The second-order valence-corrected chi connectivity index (χ2v) is 9.98. The second-order valence-electron chi connectivity index (χ2n) is 9.98. The van der Waals surface area contributed by atoms with Crippen molar-refractivity contribution in [1.29, 1.82) is 0 Å². The third-order valence-corrected chi connectivity index (χ3v) is 7.15. The zero-order valence-electron chi connectivity index (χ0n) is 20.8.